The normalized spacial score (nSPS) is 17.2. The third-order valence-corrected chi connectivity index (χ3v) is 4.63. The zero-order chi connectivity index (χ0) is 18.7. The molecule has 2 aromatic rings. The van der Waals surface area contributed by atoms with Crippen molar-refractivity contribution in [3.8, 4) is 0 Å². The van der Waals surface area contributed by atoms with Crippen LogP contribution in [0.3, 0.4) is 0 Å². The Morgan fingerprint density at radius 3 is 2.58 bits per heavy atom. The van der Waals surface area contributed by atoms with Crippen molar-refractivity contribution in [1.29, 1.82) is 0 Å². The molecule has 3 rings (SSSR count). The minimum Gasteiger partial charge on any atom is -0.365 e. The summed E-state index contributed by atoms with van der Waals surface area (Å²) in [6.45, 7) is 3.39. The van der Waals surface area contributed by atoms with E-state index in [1.165, 1.54) is 12.1 Å². The van der Waals surface area contributed by atoms with Gasteiger partial charge in [-0.3, -0.25) is 14.9 Å². The molecule has 0 bridgehead atoms. The van der Waals surface area contributed by atoms with Crippen molar-refractivity contribution in [2.24, 2.45) is 0 Å². The van der Waals surface area contributed by atoms with Crippen LogP contribution < -0.4 is 4.90 Å². The highest BCUT2D eigenvalue weighted by Gasteiger charge is 2.29. The molecule has 7 heteroatoms. The number of halogens is 1. The summed E-state index contributed by atoms with van der Waals surface area (Å²) in [5.41, 5.74) is 1.03. The first kappa shape index (κ1) is 17.8. The average Bonchev–Trinajstić information content (AvgIpc) is 2.62. The second kappa shape index (κ2) is 7.51. The molecule has 0 radical (unpaired) electrons. The monoisotopic (exact) mass is 357 g/mol. The van der Waals surface area contributed by atoms with Gasteiger partial charge in [0.15, 0.2) is 5.82 Å². The summed E-state index contributed by atoms with van der Waals surface area (Å²) in [7, 11) is 0. The fraction of sp³-hybridized carbons (Fsp3) is 0.316. The van der Waals surface area contributed by atoms with Crippen molar-refractivity contribution < 1.29 is 14.1 Å². The lowest BCUT2D eigenvalue weighted by Gasteiger charge is -2.41. The summed E-state index contributed by atoms with van der Waals surface area (Å²) in [4.78, 5) is 26.3. The fourth-order valence-corrected chi connectivity index (χ4v) is 3.28. The van der Waals surface area contributed by atoms with Crippen LogP contribution in [-0.4, -0.2) is 41.4 Å². The van der Waals surface area contributed by atoms with Gasteiger partial charge in [-0.1, -0.05) is 30.3 Å². The van der Waals surface area contributed by atoms with Gasteiger partial charge in [0.05, 0.1) is 23.1 Å². The first-order valence-electron chi connectivity index (χ1n) is 8.48. The molecule has 1 fully saturated rings. The number of hydrogen-bond acceptors (Lipinski definition) is 4. The Morgan fingerprint density at radius 2 is 1.96 bits per heavy atom. The maximum absolute atomic E-state index is 14.2. The number of nitro benzene ring substituents is 1. The number of carbonyl (C=O) groups excluding carboxylic acids is 1. The van der Waals surface area contributed by atoms with E-state index in [-0.39, 0.29) is 17.6 Å². The molecule has 0 aliphatic carbocycles. The lowest BCUT2D eigenvalue weighted by molar-refractivity contribution is -0.385. The number of piperazine rings is 1. The molecule has 6 nitrogen and oxygen atoms in total. The van der Waals surface area contributed by atoms with E-state index in [1.807, 2.05) is 47.1 Å². The standard InChI is InChI=1S/C19H20FN3O3/c1-14-13-21(18-8-7-16(23(25)26)12-17(18)20)9-10-22(14)19(24)11-15-5-3-2-4-6-15/h2-8,12,14H,9-11,13H2,1H3/t14-/m1/s1. The van der Waals surface area contributed by atoms with Gasteiger partial charge < -0.3 is 9.80 Å². The number of non-ortho nitro benzene ring substituents is 1. The highest BCUT2D eigenvalue weighted by Crippen LogP contribution is 2.26. The minimum atomic E-state index is -0.615. The Balaban J connectivity index is 1.66. The van der Waals surface area contributed by atoms with Crippen molar-refractivity contribution in [2.75, 3.05) is 24.5 Å². The third kappa shape index (κ3) is 3.82. The topological polar surface area (TPSA) is 66.7 Å². The molecule has 0 N–H and O–H groups in total. The van der Waals surface area contributed by atoms with Gasteiger partial charge in [-0.25, -0.2) is 4.39 Å². The van der Waals surface area contributed by atoms with Gasteiger partial charge in [0, 0.05) is 31.7 Å². The van der Waals surface area contributed by atoms with Crippen molar-refractivity contribution in [3.05, 3.63) is 70.0 Å². The van der Waals surface area contributed by atoms with Crippen molar-refractivity contribution in [3.63, 3.8) is 0 Å². The molecule has 1 aliphatic heterocycles. The van der Waals surface area contributed by atoms with Gasteiger partial charge in [-0.15, -0.1) is 0 Å². The molecule has 2 aromatic carbocycles. The Labute approximate surface area is 151 Å². The Hall–Kier alpha value is -2.96. The largest absolute Gasteiger partial charge is 0.365 e. The Morgan fingerprint density at radius 1 is 1.23 bits per heavy atom. The van der Waals surface area contributed by atoms with Crippen molar-refractivity contribution >= 4 is 17.3 Å². The van der Waals surface area contributed by atoms with Crippen LogP contribution in [-0.2, 0) is 11.2 Å². The van der Waals surface area contributed by atoms with Crippen LogP contribution in [0, 0.1) is 15.9 Å². The lowest BCUT2D eigenvalue weighted by Crippen LogP contribution is -2.54. The molecular weight excluding hydrogens is 337 g/mol. The van der Waals surface area contributed by atoms with E-state index >= 15 is 0 Å². The van der Waals surface area contributed by atoms with Gasteiger partial charge in [0.2, 0.25) is 5.91 Å². The summed E-state index contributed by atoms with van der Waals surface area (Å²) in [5.74, 6) is -0.567. The number of carbonyl (C=O) groups is 1. The number of anilines is 1. The Bertz CT molecular complexity index is 813. The van der Waals surface area contributed by atoms with Crippen LogP contribution in [0.1, 0.15) is 12.5 Å². The van der Waals surface area contributed by atoms with Gasteiger partial charge in [0.25, 0.3) is 5.69 Å². The predicted molar refractivity (Wildman–Crippen MR) is 96.6 cm³/mol. The molecule has 1 aliphatic rings. The number of hydrogen-bond donors (Lipinski definition) is 0. The first-order valence-corrected chi connectivity index (χ1v) is 8.48. The van der Waals surface area contributed by atoms with Crippen LogP contribution in [0.15, 0.2) is 48.5 Å². The van der Waals surface area contributed by atoms with Crippen LogP contribution in [0.25, 0.3) is 0 Å². The van der Waals surface area contributed by atoms with Crippen LogP contribution in [0.4, 0.5) is 15.8 Å². The molecule has 136 valence electrons. The minimum absolute atomic E-state index is 0.0486. The SMILES string of the molecule is C[C@@H]1CN(c2ccc([N+](=O)[O-])cc2F)CCN1C(=O)Cc1ccccc1. The highest BCUT2D eigenvalue weighted by molar-refractivity contribution is 5.79. The summed E-state index contributed by atoms with van der Waals surface area (Å²) in [6.07, 6.45) is 0.344. The van der Waals surface area contributed by atoms with E-state index < -0.39 is 10.7 Å². The zero-order valence-electron chi connectivity index (χ0n) is 14.5. The van der Waals surface area contributed by atoms with E-state index in [9.17, 15) is 19.3 Å². The van der Waals surface area contributed by atoms with Gasteiger partial charge >= 0.3 is 0 Å². The maximum atomic E-state index is 14.2. The first-order chi connectivity index (χ1) is 12.5. The zero-order valence-corrected chi connectivity index (χ0v) is 14.5. The van der Waals surface area contributed by atoms with Gasteiger partial charge in [-0.05, 0) is 18.6 Å². The predicted octanol–water partition coefficient (Wildman–Crippen LogP) is 3.01. The summed E-state index contributed by atoms with van der Waals surface area (Å²) < 4.78 is 14.2. The van der Waals surface area contributed by atoms with Crippen LogP contribution in [0.2, 0.25) is 0 Å². The summed E-state index contributed by atoms with van der Waals surface area (Å²) >= 11 is 0. The highest BCUT2D eigenvalue weighted by atomic mass is 19.1. The maximum Gasteiger partial charge on any atom is 0.272 e. The van der Waals surface area contributed by atoms with E-state index in [2.05, 4.69) is 0 Å². The summed E-state index contributed by atoms with van der Waals surface area (Å²) in [5, 5.41) is 10.7. The molecule has 1 amide bonds. The van der Waals surface area contributed by atoms with E-state index in [4.69, 9.17) is 0 Å². The van der Waals surface area contributed by atoms with Gasteiger partial charge in [0.1, 0.15) is 0 Å². The van der Waals surface area contributed by atoms with Crippen molar-refractivity contribution in [1.82, 2.24) is 4.90 Å². The van der Waals surface area contributed by atoms with Crippen LogP contribution in [0.5, 0.6) is 0 Å². The molecule has 1 heterocycles. The number of rotatable bonds is 4. The molecule has 0 aromatic heterocycles. The second-order valence-corrected chi connectivity index (χ2v) is 6.44. The number of amides is 1. The third-order valence-electron chi connectivity index (χ3n) is 4.63. The average molecular weight is 357 g/mol. The molecule has 1 saturated heterocycles. The van der Waals surface area contributed by atoms with Crippen LogP contribution >= 0.6 is 0 Å². The molecule has 0 unspecified atom stereocenters. The second-order valence-electron chi connectivity index (χ2n) is 6.44. The molecule has 0 saturated carbocycles. The fourth-order valence-electron chi connectivity index (χ4n) is 3.28. The van der Waals surface area contributed by atoms with E-state index in [0.717, 1.165) is 11.6 Å². The smallest absolute Gasteiger partial charge is 0.272 e. The summed E-state index contributed by atoms with van der Waals surface area (Å²) in [6, 6.07) is 13.2. The number of nitrogens with zero attached hydrogens (tertiary/aromatic N) is 3. The van der Waals surface area contributed by atoms with E-state index in [0.29, 0.717) is 31.7 Å². The lowest BCUT2D eigenvalue weighted by atomic mass is 10.1. The molecule has 0 spiro atoms. The number of benzene rings is 2. The van der Waals surface area contributed by atoms with Crippen molar-refractivity contribution in [2.45, 2.75) is 19.4 Å². The molecular formula is C19H20FN3O3. The quantitative estimate of drug-likeness (QED) is 0.623. The van der Waals surface area contributed by atoms with E-state index in [1.54, 1.807) is 0 Å². The molecule has 1 atom stereocenters. The van der Waals surface area contributed by atoms with Gasteiger partial charge in [-0.2, -0.15) is 0 Å². The number of nitro groups is 1. The Kier molecular flexibility index (Phi) is 5.16. The molecule has 26 heavy (non-hydrogen) atoms.